The molecule has 26 heavy (non-hydrogen) atoms. The minimum Gasteiger partial charge on any atom is -0.403 e. The highest BCUT2D eigenvalue weighted by Gasteiger charge is 2.14. The van der Waals surface area contributed by atoms with Gasteiger partial charge in [-0.15, -0.1) is 16.9 Å². The minimum atomic E-state index is -0.324. The number of aromatic nitrogens is 2. The van der Waals surface area contributed by atoms with Crippen LogP contribution in [0.3, 0.4) is 0 Å². The number of halogens is 2. The van der Waals surface area contributed by atoms with Crippen LogP contribution in [-0.2, 0) is 0 Å². The van der Waals surface area contributed by atoms with Gasteiger partial charge in [-0.25, -0.2) is 0 Å². The third-order valence-corrected chi connectivity index (χ3v) is 4.66. The highest BCUT2D eigenvalue weighted by Crippen LogP contribution is 2.27. The average molecular weight is 408 g/mol. The minimum absolute atomic E-state index is 0.00279. The lowest BCUT2D eigenvalue weighted by molar-refractivity contribution is 0.102. The zero-order valence-electron chi connectivity index (χ0n) is 14.0. The van der Waals surface area contributed by atoms with Crippen molar-refractivity contribution in [2.45, 2.75) is 24.0 Å². The van der Waals surface area contributed by atoms with Crippen molar-refractivity contribution in [1.29, 1.82) is 0 Å². The predicted octanol–water partition coefficient (Wildman–Crippen LogP) is 5.80. The Labute approximate surface area is 165 Å². The van der Waals surface area contributed by atoms with Gasteiger partial charge in [0.1, 0.15) is 0 Å². The number of hydrogen-bond donors (Lipinski definition) is 1. The zero-order valence-corrected chi connectivity index (χ0v) is 16.3. The molecule has 0 unspecified atom stereocenters. The number of thioether (sulfide) groups is 1. The summed E-state index contributed by atoms with van der Waals surface area (Å²) in [6.45, 7) is 4.19. The van der Waals surface area contributed by atoms with Crippen molar-refractivity contribution >= 4 is 46.9 Å². The van der Waals surface area contributed by atoms with E-state index in [1.54, 1.807) is 36.0 Å². The fourth-order valence-corrected chi connectivity index (χ4v) is 3.64. The summed E-state index contributed by atoms with van der Waals surface area (Å²) < 4.78 is 5.49. The molecule has 1 heterocycles. The Balaban J connectivity index is 1.75. The number of benzene rings is 2. The van der Waals surface area contributed by atoms with Gasteiger partial charge in [0.15, 0.2) is 0 Å². The first-order chi connectivity index (χ1) is 12.4. The molecule has 2 aromatic carbocycles. The summed E-state index contributed by atoms with van der Waals surface area (Å²) in [6.07, 6.45) is 0. The summed E-state index contributed by atoms with van der Waals surface area (Å²) >= 11 is 13.6. The fraction of sp³-hybridized carbons (Fsp3) is 0.167. The third kappa shape index (κ3) is 4.78. The molecule has 8 heteroatoms. The molecule has 1 N–H and O–H groups in total. The molecule has 3 rings (SSSR count). The van der Waals surface area contributed by atoms with E-state index in [4.69, 9.17) is 27.6 Å². The molecule has 0 spiro atoms. The lowest BCUT2D eigenvalue weighted by Crippen LogP contribution is -2.12. The van der Waals surface area contributed by atoms with Crippen LogP contribution in [0, 0.1) is 0 Å². The van der Waals surface area contributed by atoms with E-state index >= 15 is 0 Å². The summed E-state index contributed by atoms with van der Waals surface area (Å²) in [4.78, 5) is 13.4. The molecule has 0 radical (unpaired) electrons. The van der Waals surface area contributed by atoms with Gasteiger partial charge in [-0.2, -0.15) is 0 Å². The molecule has 0 aliphatic carbocycles. The van der Waals surface area contributed by atoms with E-state index < -0.39 is 0 Å². The Hall–Kier alpha value is -2.02. The largest absolute Gasteiger partial charge is 0.403 e. The van der Waals surface area contributed by atoms with Gasteiger partial charge in [-0.05, 0) is 36.4 Å². The van der Waals surface area contributed by atoms with Gasteiger partial charge < -0.3 is 4.42 Å². The van der Waals surface area contributed by atoms with Crippen LogP contribution in [0.2, 0.25) is 10.0 Å². The zero-order chi connectivity index (χ0) is 18.7. The first-order valence-corrected chi connectivity index (χ1v) is 9.42. The molecule has 5 nitrogen and oxygen atoms in total. The Morgan fingerprint density at radius 1 is 1.12 bits per heavy atom. The number of amides is 1. The van der Waals surface area contributed by atoms with Crippen molar-refractivity contribution in [3.63, 3.8) is 0 Å². The van der Waals surface area contributed by atoms with Gasteiger partial charge in [-0.3, -0.25) is 10.1 Å². The van der Waals surface area contributed by atoms with Crippen LogP contribution >= 0.6 is 35.0 Å². The number of nitrogens with one attached hydrogen (secondary N) is 1. The second-order valence-corrected chi connectivity index (χ2v) is 8.24. The van der Waals surface area contributed by atoms with Crippen LogP contribution in [0.25, 0.3) is 11.5 Å². The van der Waals surface area contributed by atoms with E-state index in [1.165, 1.54) is 0 Å². The lowest BCUT2D eigenvalue weighted by atomic mass is 10.2. The van der Waals surface area contributed by atoms with Crippen LogP contribution in [0.15, 0.2) is 51.8 Å². The second kappa shape index (κ2) is 8.12. The van der Waals surface area contributed by atoms with Crippen LogP contribution in [-0.4, -0.2) is 21.4 Å². The van der Waals surface area contributed by atoms with Gasteiger partial charge in [-0.1, -0.05) is 48.2 Å². The molecule has 0 aliphatic rings. The molecular weight excluding hydrogens is 393 g/mol. The number of carbonyl (C=O) groups is 1. The van der Waals surface area contributed by atoms with E-state index in [-0.39, 0.29) is 17.8 Å². The predicted molar refractivity (Wildman–Crippen MR) is 105 cm³/mol. The third-order valence-electron chi connectivity index (χ3n) is 3.22. The van der Waals surface area contributed by atoms with Crippen LogP contribution in [0.4, 0.5) is 6.01 Å². The van der Waals surface area contributed by atoms with Crippen molar-refractivity contribution in [3.8, 4) is 11.5 Å². The quantitative estimate of drug-likeness (QED) is 0.541. The average Bonchev–Trinajstić information content (AvgIpc) is 3.02. The maximum atomic E-state index is 12.4. The molecule has 1 amide bonds. The van der Waals surface area contributed by atoms with E-state index in [0.29, 0.717) is 26.4 Å². The van der Waals surface area contributed by atoms with Crippen molar-refractivity contribution < 1.29 is 9.21 Å². The van der Waals surface area contributed by atoms with Crippen LogP contribution < -0.4 is 5.32 Å². The lowest BCUT2D eigenvalue weighted by Gasteiger charge is -2.06. The summed E-state index contributed by atoms with van der Waals surface area (Å²) in [5.41, 5.74) is 1.09. The SMILES string of the molecule is CC(C)Sc1cccc(C(=O)Nc2nnc(-c3cc(Cl)cc(Cl)c3)o2)c1. The monoisotopic (exact) mass is 407 g/mol. The molecule has 1 aromatic heterocycles. The molecule has 0 saturated heterocycles. The van der Waals surface area contributed by atoms with E-state index in [1.807, 2.05) is 18.2 Å². The molecule has 3 aromatic rings. The number of carbonyl (C=O) groups excluding carboxylic acids is 1. The number of nitrogens with zero attached hydrogens (tertiary/aromatic N) is 2. The standard InChI is InChI=1S/C18H15Cl2N3O2S/c1-10(2)26-15-5-3-4-11(8-15)16(24)21-18-23-22-17(25-18)12-6-13(19)9-14(20)7-12/h3-10H,1-2H3,(H,21,23,24). The van der Waals surface area contributed by atoms with E-state index in [0.717, 1.165) is 4.90 Å². The number of rotatable bonds is 5. The Morgan fingerprint density at radius 2 is 1.85 bits per heavy atom. The summed E-state index contributed by atoms with van der Waals surface area (Å²) in [5.74, 6) is -0.107. The normalized spacial score (nSPS) is 11.0. The Kier molecular flexibility index (Phi) is 5.86. The van der Waals surface area contributed by atoms with E-state index in [2.05, 4.69) is 29.4 Å². The fourth-order valence-electron chi connectivity index (χ4n) is 2.22. The molecule has 0 atom stereocenters. The maximum Gasteiger partial charge on any atom is 0.322 e. The first kappa shape index (κ1) is 18.8. The van der Waals surface area contributed by atoms with Crippen molar-refractivity contribution in [3.05, 3.63) is 58.1 Å². The molecule has 0 fully saturated rings. The molecule has 0 saturated carbocycles. The summed E-state index contributed by atoms with van der Waals surface area (Å²) in [7, 11) is 0. The maximum absolute atomic E-state index is 12.4. The summed E-state index contributed by atoms with van der Waals surface area (Å²) in [6, 6.07) is 12.3. The van der Waals surface area contributed by atoms with E-state index in [9.17, 15) is 4.79 Å². The van der Waals surface area contributed by atoms with Crippen LogP contribution in [0.5, 0.6) is 0 Å². The topological polar surface area (TPSA) is 68.0 Å². The van der Waals surface area contributed by atoms with Crippen molar-refractivity contribution in [2.24, 2.45) is 0 Å². The summed E-state index contributed by atoms with van der Waals surface area (Å²) in [5, 5.41) is 11.7. The van der Waals surface area contributed by atoms with Gasteiger partial charge in [0, 0.05) is 31.3 Å². The Bertz CT molecular complexity index is 923. The van der Waals surface area contributed by atoms with Gasteiger partial charge >= 0.3 is 6.01 Å². The molecule has 0 aliphatic heterocycles. The second-order valence-electron chi connectivity index (χ2n) is 5.72. The first-order valence-electron chi connectivity index (χ1n) is 7.79. The molecular formula is C18H15Cl2N3O2S. The van der Waals surface area contributed by atoms with Crippen LogP contribution in [0.1, 0.15) is 24.2 Å². The van der Waals surface area contributed by atoms with Gasteiger partial charge in [0.25, 0.3) is 5.91 Å². The highest BCUT2D eigenvalue weighted by molar-refractivity contribution is 7.99. The Morgan fingerprint density at radius 3 is 2.54 bits per heavy atom. The number of anilines is 1. The van der Waals surface area contributed by atoms with Crippen molar-refractivity contribution in [2.75, 3.05) is 5.32 Å². The smallest absolute Gasteiger partial charge is 0.322 e. The van der Waals surface area contributed by atoms with Gasteiger partial charge in [0.2, 0.25) is 5.89 Å². The number of hydrogen-bond acceptors (Lipinski definition) is 5. The molecule has 134 valence electrons. The van der Waals surface area contributed by atoms with Gasteiger partial charge in [0.05, 0.1) is 0 Å². The molecule has 0 bridgehead atoms. The highest BCUT2D eigenvalue weighted by atomic mass is 35.5. The van der Waals surface area contributed by atoms with Crippen molar-refractivity contribution in [1.82, 2.24) is 10.2 Å².